The van der Waals surface area contributed by atoms with E-state index in [9.17, 15) is 10.5 Å². The van der Waals surface area contributed by atoms with Crippen LogP contribution in [0.25, 0.3) is 45.0 Å². The third-order valence-electron chi connectivity index (χ3n) is 10.2. The first-order valence-corrected chi connectivity index (χ1v) is 23.1. The minimum Gasteiger partial charge on any atom is -0.427 e. The average molecular weight is 787 g/mol. The fourth-order valence-corrected chi connectivity index (χ4v) is 12.0. The SMILES string of the molecule is CP1(C)=Nc2c(cccc2-c2cccc(-c3cccc4c3N=P(Oc3ccccc3)(Oc3ccccc3)C(c3ccc(C#N)cc3)=C4)c2)C=C1c1ccc(C#N)cc1. The lowest BCUT2D eigenvalue weighted by atomic mass is 9.94. The van der Waals surface area contributed by atoms with Gasteiger partial charge in [0.05, 0.1) is 40.0 Å². The number of hydrogen-bond acceptors (Lipinski definition) is 6. The zero-order valence-electron chi connectivity index (χ0n) is 31.8. The van der Waals surface area contributed by atoms with E-state index in [0.717, 1.165) is 61.2 Å². The fraction of sp³-hybridized carbons (Fsp3) is 0.0400. The highest BCUT2D eigenvalue weighted by Gasteiger charge is 2.37. The zero-order valence-corrected chi connectivity index (χ0v) is 33.6. The number of benzene rings is 7. The van der Waals surface area contributed by atoms with Gasteiger partial charge in [0.2, 0.25) is 0 Å². The molecule has 9 rings (SSSR count). The molecule has 0 bridgehead atoms. The number of nitrogens with zero attached hydrogens (tertiary/aromatic N) is 4. The summed E-state index contributed by atoms with van der Waals surface area (Å²) in [5, 5.41) is 21.0. The molecule has 0 aromatic heterocycles. The third-order valence-corrected chi connectivity index (χ3v) is 14.9. The molecule has 0 fully saturated rings. The first-order chi connectivity index (χ1) is 28.3. The van der Waals surface area contributed by atoms with Crippen LogP contribution in [0.1, 0.15) is 33.4 Å². The second-order valence-electron chi connectivity index (χ2n) is 14.4. The molecule has 2 heterocycles. The quantitative estimate of drug-likeness (QED) is 0.143. The van der Waals surface area contributed by atoms with Gasteiger partial charge in [0, 0.05) is 29.3 Å². The summed E-state index contributed by atoms with van der Waals surface area (Å²) in [7, 11) is -5.26. The standard InChI is InChI=1S/C50H36N4O2P2/c1-57(2)47(37-26-22-35(33-51)23-27-37)31-41-14-10-20-45(49(41)53-57)39-12-9-13-40(30-39)46-21-11-15-42-32-48(38-28-24-36(34-52)25-29-38)58(54-50(42)46,55-43-16-5-3-6-17-43)56-44-18-7-4-8-19-44/h3-32H,1-2H3. The molecular formula is C50H36N4O2P2. The number of nitriles is 2. The van der Waals surface area contributed by atoms with Gasteiger partial charge in [-0.3, -0.25) is 4.74 Å². The summed E-state index contributed by atoms with van der Waals surface area (Å²) in [5.41, 5.74) is 11.0. The Labute approximate surface area is 338 Å². The zero-order chi connectivity index (χ0) is 39.7. The van der Waals surface area contributed by atoms with Crippen molar-refractivity contribution in [1.82, 2.24) is 0 Å². The lowest BCUT2D eigenvalue weighted by Crippen LogP contribution is -2.07. The summed E-state index contributed by atoms with van der Waals surface area (Å²) in [4.78, 5) is 0. The van der Waals surface area contributed by atoms with Crippen molar-refractivity contribution in [3.8, 4) is 45.9 Å². The predicted octanol–water partition coefficient (Wildman–Crippen LogP) is 14.7. The molecule has 0 radical (unpaired) electrons. The second-order valence-corrected chi connectivity index (χ2v) is 20.0. The molecule has 0 atom stereocenters. The second kappa shape index (κ2) is 15.2. The van der Waals surface area contributed by atoms with Crippen molar-refractivity contribution >= 4 is 48.7 Å². The highest BCUT2D eigenvalue weighted by atomic mass is 31.2. The van der Waals surface area contributed by atoms with Crippen molar-refractivity contribution in [3.63, 3.8) is 0 Å². The summed E-state index contributed by atoms with van der Waals surface area (Å²) in [6, 6.07) is 60.3. The minimum atomic E-state index is -3.34. The molecule has 0 aliphatic carbocycles. The van der Waals surface area contributed by atoms with Crippen molar-refractivity contribution in [2.45, 2.75) is 0 Å². The fourth-order valence-electron chi connectivity index (χ4n) is 7.41. The van der Waals surface area contributed by atoms with Crippen LogP contribution in [0.15, 0.2) is 179 Å². The van der Waals surface area contributed by atoms with Gasteiger partial charge in [0.1, 0.15) is 11.5 Å². The summed E-state index contributed by atoms with van der Waals surface area (Å²) in [6.45, 7) is 4.49. The van der Waals surface area contributed by atoms with Gasteiger partial charge in [-0.2, -0.15) is 15.3 Å². The summed E-state index contributed by atoms with van der Waals surface area (Å²) in [5.74, 6) is 1.27. The van der Waals surface area contributed by atoms with Crippen LogP contribution in [-0.4, -0.2) is 13.3 Å². The highest BCUT2D eigenvalue weighted by molar-refractivity contribution is 7.75. The van der Waals surface area contributed by atoms with E-state index < -0.39 is 14.6 Å². The normalized spacial score (nSPS) is 14.4. The van der Waals surface area contributed by atoms with Gasteiger partial charge in [-0.1, -0.05) is 115 Å². The Morgan fingerprint density at radius 1 is 0.448 bits per heavy atom. The molecule has 0 saturated heterocycles. The summed E-state index contributed by atoms with van der Waals surface area (Å²) >= 11 is 0. The van der Waals surface area contributed by atoms with Crippen LogP contribution in [0.4, 0.5) is 11.4 Å². The number of fused-ring (bicyclic) bond motifs is 2. The van der Waals surface area contributed by atoms with Crippen molar-refractivity contribution in [3.05, 3.63) is 203 Å². The monoisotopic (exact) mass is 786 g/mol. The lowest BCUT2D eigenvalue weighted by molar-refractivity contribution is 0.488. The number of hydrogen-bond donors (Lipinski definition) is 0. The summed E-state index contributed by atoms with van der Waals surface area (Å²) < 4.78 is 25.1. The maximum atomic E-state index is 9.60. The molecule has 0 unspecified atom stereocenters. The van der Waals surface area contributed by atoms with Gasteiger partial charge in [0.25, 0.3) is 0 Å². The van der Waals surface area contributed by atoms with E-state index in [1.165, 1.54) is 5.31 Å². The van der Waals surface area contributed by atoms with Gasteiger partial charge in [-0.05, 0) is 108 Å². The van der Waals surface area contributed by atoms with Crippen molar-refractivity contribution in [1.29, 1.82) is 10.5 Å². The smallest absolute Gasteiger partial charge is 0.352 e. The van der Waals surface area contributed by atoms with Gasteiger partial charge in [0.15, 0.2) is 0 Å². The van der Waals surface area contributed by atoms with Crippen LogP contribution in [0.5, 0.6) is 11.5 Å². The van der Waals surface area contributed by atoms with Crippen LogP contribution in [0.2, 0.25) is 0 Å². The lowest BCUT2D eigenvalue weighted by Gasteiger charge is -2.31. The Kier molecular flexibility index (Phi) is 9.61. The molecule has 0 spiro atoms. The Morgan fingerprint density at radius 3 is 1.40 bits per heavy atom. The van der Waals surface area contributed by atoms with E-state index in [1.54, 1.807) is 0 Å². The van der Waals surface area contributed by atoms with Crippen LogP contribution >= 0.6 is 14.6 Å². The van der Waals surface area contributed by atoms with E-state index in [1.807, 2.05) is 109 Å². The molecule has 7 aromatic rings. The predicted molar refractivity (Wildman–Crippen MR) is 239 cm³/mol. The molecular weight excluding hydrogens is 751 g/mol. The van der Waals surface area contributed by atoms with Crippen molar-refractivity contribution in [2.75, 3.05) is 13.3 Å². The number of para-hydroxylation sites is 2. The van der Waals surface area contributed by atoms with Crippen LogP contribution in [0.3, 0.4) is 0 Å². The molecule has 7 aromatic carbocycles. The Bertz CT molecular complexity index is 2940. The molecule has 0 amide bonds. The Hall–Kier alpha value is -6.94. The topological polar surface area (TPSA) is 90.8 Å². The molecule has 6 nitrogen and oxygen atoms in total. The highest BCUT2D eigenvalue weighted by Crippen LogP contribution is 2.68. The van der Waals surface area contributed by atoms with Crippen LogP contribution in [0, 0.1) is 22.7 Å². The van der Waals surface area contributed by atoms with E-state index >= 15 is 0 Å². The molecule has 0 saturated carbocycles. The van der Waals surface area contributed by atoms with Gasteiger partial charge in [-0.15, -0.1) is 0 Å². The van der Waals surface area contributed by atoms with Gasteiger partial charge < -0.3 is 9.05 Å². The molecule has 8 heteroatoms. The first-order valence-electron chi connectivity index (χ1n) is 18.8. The molecule has 58 heavy (non-hydrogen) atoms. The average Bonchev–Trinajstić information content (AvgIpc) is 3.26. The van der Waals surface area contributed by atoms with Crippen LogP contribution in [-0.2, 0) is 0 Å². The van der Waals surface area contributed by atoms with E-state index in [2.05, 4.69) is 98.3 Å². The Morgan fingerprint density at radius 2 is 0.897 bits per heavy atom. The van der Waals surface area contributed by atoms with Crippen molar-refractivity contribution < 1.29 is 9.05 Å². The molecule has 2 aliphatic rings. The van der Waals surface area contributed by atoms with Crippen LogP contribution < -0.4 is 9.05 Å². The molecule has 0 N–H and O–H groups in total. The third kappa shape index (κ3) is 7.02. The van der Waals surface area contributed by atoms with E-state index in [-0.39, 0.29) is 0 Å². The maximum Gasteiger partial charge on any atom is 0.352 e. The molecule has 2 aliphatic heterocycles. The van der Waals surface area contributed by atoms with Crippen molar-refractivity contribution in [2.24, 2.45) is 9.49 Å². The Balaban J connectivity index is 1.20. The van der Waals surface area contributed by atoms with Gasteiger partial charge >= 0.3 is 7.51 Å². The maximum absolute atomic E-state index is 9.60. The van der Waals surface area contributed by atoms with E-state index in [4.69, 9.17) is 18.5 Å². The minimum absolute atomic E-state index is 0.567. The first kappa shape index (κ1) is 36.7. The van der Waals surface area contributed by atoms with Gasteiger partial charge in [-0.25, -0.2) is 0 Å². The summed E-state index contributed by atoms with van der Waals surface area (Å²) in [6.07, 6.45) is 4.41. The largest absolute Gasteiger partial charge is 0.427 e. The molecule has 278 valence electrons. The number of rotatable bonds is 8. The van der Waals surface area contributed by atoms with E-state index in [0.29, 0.717) is 22.6 Å².